The maximum Gasteiger partial charge on any atom is 0.321 e. The normalized spacial score (nSPS) is 14.1. The van der Waals surface area contributed by atoms with Crippen molar-refractivity contribution in [2.24, 2.45) is 0 Å². The molecule has 25 heavy (non-hydrogen) atoms. The molecule has 3 rings (SSSR count). The molecule has 2 amide bonds. The molecule has 0 aliphatic carbocycles. The van der Waals surface area contributed by atoms with Crippen molar-refractivity contribution in [3.8, 4) is 0 Å². The molecule has 1 heterocycles. The Morgan fingerprint density at radius 3 is 2.52 bits per heavy atom. The monoisotopic (exact) mass is 337 g/mol. The van der Waals surface area contributed by atoms with E-state index in [9.17, 15) is 4.79 Å². The van der Waals surface area contributed by atoms with E-state index in [2.05, 4.69) is 54.4 Å². The Hall–Kier alpha value is -2.49. The molecule has 2 aromatic rings. The summed E-state index contributed by atoms with van der Waals surface area (Å²) in [6.07, 6.45) is 1.10. The van der Waals surface area contributed by atoms with Crippen molar-refractivity contribution in [3.05, 3.63) is 59.7 Å². The highest BCUT2D eigenvalue weighted by Crippen LogP contribution is 2.24. The van der Waals surface area contributed by atoms with Crippen molar-refractivity contribution < 1.29 is 4.79 Å². The van der Waals surface area contributed by atoms with Gasteiger partial charge in [0.05, 0.1) is 6.04 Å². The average molecular weight is 337 g/mol. The number of carbonyl (C=O) groups is 1. The molecule has 0 atom stereocenters. The predicted molar refractivity (Wildman–Crippen MR) is 104 cm³/mol. The van der Waals surface area contributed by atoms with Crippen molar-refractivity contribution in [2.45, 2.75) is 33.2 Å². The van der Waals surface area contributed by atoms with Gasteiger partial charge in [-0.2, -0.15) is 0 Å². The van der Waals surface area contributed by atoms with Crippen LogP contribution in [0.4, 0.5) is 16.2 Å². The van der Waals surface area contributed by atoms with Crippen LogP contribution in [-0.2, 0) is 0 Å². The van der Waals surface area contributed by atoms with E-state index in [0.717, 1.165) is 37.3 Å². The molecule has 2 aromatic carbocycles. The minimum absolute atomic E-state index is 0.00675. The maximum atomic E-state index is 12.5. The SMILES string of the molecule is CCCN(c1ccccc1)C1CN(C(=O)Nc2ccc(C)cc2C)C1. The smallest absolute Gasteiger partial charge is 0.321 e. The second-order valence-corrected chi connectivity index (χ2v) is 6.84. The van der Waals surface area contributed by atoms with Crippen LogP contribution >= 0.6 is 0 Å². The summed E-state index contributed by atoms with van der Waals surface area (Å²) < 4.78 is 0. The van der Waals surface area contributed by atoms with Crippen molar-refractivity contribution in [1.82, 2.24) is 4.90 Å². The number of amides is 2. The van der Waals surface area contributed by atoms with E-state index in [1.807, 2.05) is 30.0 Å². The summed E-state index contributed by atoms with van der Waals surface area (Å²) in [5, 5.41) is 3.04. The number of nitrogens with zero attached hydrogens (tertiary/aromatic N) is 2. The van der Waals surface area contributed by atoms with Crippen molar-refractivity contribution in [2.75, 3.05) is 29.9 Å². The predicted octanol–water partition coefficient (Wildman–Crippen LogP) is 4.44. The van der Waals surface area contributed by atoms with E-state index in [1.54, 1.807) is 0 Å². The van der Waals surface area contributed by atoms with Crippen LogP contribution < -0.4 is 10.2 Å². The fourth-order valence-electron chi connectivity index (χ4n) is 3.35. The maximum absolute atomic E-state index is 12.5. The Balaban J connectivity index is 1.59. The molecule has 0 unspecified atom stereocenters. The number of hydrogen-bond acceptors (Lipinski definition) is 2. The average Bonchev–Trinajstić information content (AvgIpc) is 2.56. The molecule has 0 saturated carbocycles. The van der Waals surface area contributed by atoms with Gasteiger partial charge in [-0.05, 0) is 44.0 Å². The third kappa shape index (κ3) is 3.95. The van der Waals surface area contributed by atoms with Gasteiger partial charge in [-0.1, -0.05) is 42.8 Å². The van der Waals surface area contributed by atoms with Gasteiger partial charge in [-0.25, -0.2) is 4.79 Å². The molecule has 1 saturated heterocycles. The Bertz CT molecular complexity index is 723. The number of benzene rings is 2. The minimum atomic E-state index is -0.00675. The van der Waals surface area contributed by atoms with Gasteiger partial charge in [0.25, 0.3) is 0 Å². The molecular weight excluding hydrogens is 310 g/mol. The van der Waals surface area contributed by atoms with Crippen LogP contribution in [0.5, 0.6) is 0 Å². The molecule has 1 aliphatic rings. The fourth-order valence-corrected chi connectivity index (χ4v) is 3.35. The van der Waals surface area contributed by atoms with Gasteiger partial charge in [-0.15, -0.1) is 0 Å². The summed E-state index contributed by atoms with van der Waals surface area (Å²) in [4.78, 5) is 16.8. The minimum Gasteiger partial charge on any atom is -0.365 e. The van der Waals surface area contributed by atoms with Crippen molar-refractivity contribution >= 4 is 17.4 Å². The lowest BCUT2D eigenvalue weighted by Crippen LogP contribution is -2.62. The lowest BCUT2D eigenvalue weighted by Gasteiger charge is -2.46. The van der Waals surface area contributed by atoms with Gasteiger partial charge in [0.15, 0.2) is 0 Å². The third-order valence-corrected chi connectivity index (χ3v) is 4.77. The molecule has 132 valence electrons. The molecule has 0 radical (unpaired) electrons. The first kappa shape index (κ1) is 17.3. The zero-order chi connectivity index (χ0) is 17.8. The van der Waals surface area contributed by atoms with Crippen LogP contribution in [0.1, 0.15) is 24.5 Å². The third-order valence-electron chi connectivity index (χ3n) is 4.77. The van der Waals surface area contributed by atoms with Gasteiger partial charge in [0.1, 0.15) is 0 Å². The zero-order valence-corrected chi connectivity index (χ0v) is 15.3. The van der Waals surface area contributed by atoms with Gasteiger partial charge < -0.3 is 15.1 Å². The summed E-state index contributed by atoms with van der Waals surface area (Å²) >= 11 is 0. The van der Waals surface area contributed by atoms with Crippen LogP contribution in [0, 0.1) is 13.8 Å². The van der Waals surface area contributed by atoms with E-state index in [-0.39, 0.29) is 6.03 Å². The molecule has 4 heteroatoms. The molecule has 0 aromatic heterocycles. The Labute approximate surface area is 150 Å². The number of rotatable bonds is 5. The Morgan fingerprint density at radius 2 is 1.88 bits per heavy atom. The first-order valence-electron chi connectivity index (χ1n) is 9.03. The Kier molecular flexibility index (Phi) is 5.27. The zero-order valence-electron chi connectivity index (χ0n) is 15.3. The summed E-state index contributed by atoms with van der Waals surface area (Å²) in [7, 11) is 0. The van der Waals surface area contributed by atoms with E-state index in [4.69, 9.17) is 0 Å². The number of carbonyl (C=O) groups excluding carboxylic acids is 1. The highest BCUT2D eigenvalue weighted by molar-refractivity contribution is 5.91. The highest BCUT2D eigenvalue weighted by atomic mass is 16.2. The second kappa shape index (κ2) is 7.60. The molecule has 4 nitrogen and oxygen atoms in total. The Morgan fingerprint density at radius 1 is 1.16 bits per heavy atom. The first-order valence-corrected chi connectivity index (χ1v) is 9.03. The van der Waals surface area contributed by atoms with E-state index < -0.39 is 0 Å². The number of anilines is 2. The molecule has 1 N–H and O–H groups in total. The van der Waals surface area contributed by atoms with Crippen molar-refractivity contribution in [1.29, 1.82) is 0 Å². The fraction of sp³-hybridized carbons (Fsp3) is 0.381. The number of hydrogen-bond donors (Lipinski definition) is 1. The van der Waals surface area contributed by atoms with E-state index >= 15 is 0 Å². The van der Waals surface area contributed by atoms with Gasteiger partial charge in [0, 0.05) is 31.0 Å². The van der Waals surface area contributed by atoms with E-state index in [1.165, 1.54) is 11.3 Å². The number of para-hydroxylation sites is 1. The lowest BCUT2D eigenvalue weighted by atomic mass is 10.1. The van der Waals surface area contributed by atoms with Crippen LogP contribution in [0.15, 0.2) is 48.5 Å². The number of nitrogens with one attached hydrogen (secondary N) is 1. The molecule has 1 fully saturated rings. The molecule has 0 bridgehead atoms. The van der Waals surface area contributed by atoms with Gasteiger partial charge >= 0.3 is 6.03 Å². The summed E-state index contributed by atoms with van der Waals surface area (Å²) in [6, 6.07) is 17.0. The summed E-state index contributed by atoms with van der Waals surface area (Å²) in [5.74, 6) is 0. The van der Waals surface area contributed by atoms with Gasteiger partial charge in [-0.3, -0.25) is 0 Å². The number of likely N-dealkylation sites (tertiary alicyclic amines) is 1. The van der Waals surface area contributed by atoms with Crippen LogP contribution in [0.2, 0.25) is 0 Å². The molecule has 1 aliphatic heterocycles. The van der Waals surface area contributed by atoms with Gasteiger partial charge in [0.2, 0.25) is 0 Å². The summed E-state index contributed by atoms with van der Waals surface area (Å²) in [5.41, 5.74) is 4.44. The standard InChI is InChI=1S/C21H27N3O/c1-4-12-24(18-8-6-5-7-9-18)19-14-23(15-19)21(25)22-20-11-10-16(2)13-17(20)3/h5-11,13,19H,4,12,14-15H2,1-3H3,(H,22,25). The van der Waals surface area contributed by atoms with Crippen LogP contribution in [0.25, 0.3) is 0 Å². The largest absolute Gasteiger partial charge is 0.365 e. The van der Waals surface area contributed by atoms with Crippen molar-refractivity contribution in [3.63, 3.8) is 0 Å². The van der Waals surface area contributed by atoms with Crippen LogP contribution in [0.3, 0.4) is 0 Å². The topological polar surface area (TPSA) is 35.6 Å². The molecule has 0 spiro atoms. The first-order chi connectivity index (χ1) is 12.1. The number of aryl methyl sites for hydroxylation is 2. The quantitative estimate of drug-likeness (QED) is 0.876. The second-order valence-electron chi connectivity index (χ2n) is 6.84. The highest BCUT2D eigenvalue weighted by Gasteiger charge is 2.34. The number of urea groups is 1. The van der Waals surface area contributed by atoms with Crippen LogP contribution in [-0.4, -0.2) is 36.6 Å². The van der Waals surface area contributed by atoms with E-state index in [0.29, 0.717) is 6.04 Å². The lowest BCUT2D eigenvalue weighted by molar-refractivity contribution is 0.161. The molecular formula is C21H27N3O. The summed E-state index contributed by atoms with van der Waals surface area (Å²) in [6.45, 7) is 8.84.